The van der Waals surface area contributed by atoms with Crippen LogP contribution in [0.1, 0.15) is 88.2 Å². The number of pyridine rings is 2. The number of benzene rings is 5. The molecule has 4 heterocycles. The topological polar surface area (TPSA) is 56.7 Å². The predicted molar refractivity (Wildman–Crippen MR) is 264 cm³/mol. The summed E-state index contributed by atoms with van der Waals surface area (Å²) in [6.45, 7) is 19.3. The molecule has 7 heteroatoms. The Kier molecular flexibility index (Phi) is 11.6. The van der Waals surface area contributed by atoms with Crippen LogP contribution in [0.25, 0.3) is 72.4 Å². The van der Waals surface area contributed by atoms with Gasteiger partial charge in [0.2, 0.25) is 0 Å². The molecule has 5 aromatic carbocycles. The first-order chi connectivity index (χ1) is 31.7. The van der Waals surface area contributed by atoms with Gasteiger partial charge in [-0.25, -0.2) is 0 Å². The third-order valence-corrected chi connectivity index (χ3v) is 13.3. The molecule has 4 aromatic heterocycles. The van der Waals surface area contributed by atoms with Gasteiger partial charge >= 0.3 is 0 Å². The quantitative estimate of drug-likeness (QED) is 0.107. The summed E-state index contributed by atoms with van der Waals surface area (Å²) in [5, 5.41) is 3.17. The van der Waals surface area contributed by atoms with E-state index >= 15 is 0 Å². The smallest absolute Gasteiger partial charge is 0.120 e. The molecular weight excluding hydrogens is 965 g/mol. The Morgan fingerprint density at radius 3 is 2.16 bits per heavy atom. The number of para-hydroxylation sites is 1. The van der Waals surface area contributed by atoms with Crippen molar-refractivity contribution in [3.63, 3.8) is 0 Å². The van der Waals surface area contributed by atoms with Gasteiger partial charge in [0.15, 0.2) is 0 Å². The number of rotatable bonds is 9. The normalized spacial score (nSPS) is 13.4. The number of hydrogen-bond donors (Lipinski definition) is 0. The zero-order valence-corrected chi connectivity index (χ0v) is 41.2. The van der Waals surface area contributed by atoms with Crippen molar-refractivity contribution in [1.82, 2.24) is 19.5 Å². The van der Waals surface area contributed by atoms with Crippen LogP contribution in [0, 0.1) is 31.8 Å². The van der Waals surface area contributed by atoms with Crippen molar-refractivity contribution in [2.24, 2.45) is 5.92 Å². The standard InChI is InChI=1S/C37H32N3O.C19H26NSi.Ir/c1-22(2)30-20-26(25-12-7-6-8-13-25)21-31(23(3)4)35(30)40-34-24(5)38-19-18-32(34)39-37(40)29-16-11-15-28-27-14-9-10-17-33(27)41-36(28)29;1-14(2)11-17-12-18(16-9-7-15(3)8-10-16)20-13-19(17)21(4,5)6;/h6-15,17-23H,1-5H3;7-9,12-14H,11H2,1-6H3;/q2*-1;/i;3D3,11D2;. The molecule has 0 aliphatic carbocycles. The molecule has 9 rings (SSSR count). The molecule has 0 N–H and O–H groups in total. The summed E-state index contributed by atoms with van der Waals surface area (Å²) < 4.78 is 48.4. The zero-order chi connectivity index (χ0) is 48.2. The van der Waals surface area contributed by atoms with E-state index in [4.69, 9.17) is 21.2 Å². The van der Waals surface area contributed by atoms with E-state index in [1.807, 2.05) is 50.4 Å². The van der Waals surface area contributed by atoms with Crippen LogP contribution in [0.5, 0.6) is 0 Å². The van der Waals surface area contributed by atoms with Crippen molar-refractivity contribution < 1.29 is 31.4 Å². The summed E-state index contributed by atoms with van der Waals surface area (Å²) in [4.78, 5) is 14.5. The van der Waals surface area contributed by atoms with Gasteiger partial charge in [-0.15, -0.1) is 53.6 Å². The Hall–Kier alpha value is -5.46. The molecule has 9 aromatic rings. The molecular formula is C56H58IrN4OSi-2. The summed E-state index contributed by atoms with van der Waals surface area (Å²) >= 11 is 0. The first-order valence-electron chi connectivity index (χ1n) is 24.1. The van der Waals surface area contributed by atoms with E-state index < -0.39 is 21.3 Å². The molecule has 0 fully saturated rings. The van der Waals surface area contributed by atoms with E-state index in [9.17, 15) is 0 Å². The Labute approximate surface area is 395 Å². The molecule has 0 atom stereocenters. The Morgan fingerprint density at radius 2 is 1.51 bits per heavy atom. The van der Waals surface area contributed by atoms with Gasteiger partial charge in [-0.1, -0.05) is 139 Å². The maximum absolute atomic E-state index is 8.59. The van der Waals surface area contributed by atoms with Crippen LogP contribution in [-0.4, -0.2) is 27.6 Å². The summed E-state index contributed by atoms with van der Waals surface area (Å²) in [5.41, 5.74) is 13.7. The van der Waals surface area contributed by atoms with Crippen LogP contribution in [0.3, 0.4) is 0 Å². The Balaban J connectivity index is 0.000000220. The fourth-order valence-electron chi connectivity index (χ4n) is 8.25. The van der Waals surface area contributed by atoms with Crippen molar-refractivity contribution in [2.45, 2.75) is 93.2 Å². The van der Waals surface area contributed by atoms with E-state index in [-0.39, 0.29) is 43.4 Å². The van der Waals surface area contributed by atoms with E-state index in [0.29, 0.717) is 16.8 Å². The van der Waals surface area contributed by atoms with E-state index in [1.165, 1.54) is 34.0 Å². The fourth-order valence-corrected chi connectivity index (χ4v) is 9.66. The number of imidazole rings is 1. The van der Waals surface area contributed by atoms with Gasteiger partial charge in [0.25, 0.3) is 0 Å². The second-order valence-electron chi connectivity index (χ2n) is 18.1. The summed E-state index contributed by atoms with van der Waals surface area (Å²) in [7, 11) is -1.78. The molecule has 0 aliphatic heterocycles. The number of aryl methyl sites for hydroxylation is 2. The summed E-state index contributed by atoms with van der Waals surface area (Å²) in [5.74, 6) is 1.20. The van der Waals surface area contributed by atoms with Gasteiger partial charge in [0.05, 0.1) is 36.2 Å². The Bertz CT molecular complexity index is 3210. The van der Waals surface area contributed by atoms with E-state index in [2.05, 4.69) is 137 Å². The predicted octanol–water partition coefficient (Wildman–Crippen LogP) is 14.6. The van der Waals surface area contributed by atoms with Crippen LogP contribution in [0.4, 0.5) is 0 Å². The van der Waals surface area contributed by atoms with Gasteiger partial charge in [0, 0.05) is 50.4 Å². The monoisotopic (exact) mass is 1030 g/mol. The van der Waals surface area contributed by atoms with Crippen molar-refractivity contribution >= 4 is 46.2 Å². The molecule has 0 amide bonds. The molecule has 0 saturated heterocycles. The SMILES string of the molecule is Cc1nccc2nc(-c3[c-]ccc4c3oc3ccccc34)n(-c3c(C(C)C)cc(-c4ccccc4)cc3C(C)C)c12.[2H]C([2H])([2H])c1c[c-]c(-c2cc(C([2H])([2H])C(C)C)c([Si](C)(C)C)cn2)cc1.[Ir]. The molecule has 1 radical (unpaired) electrons. The van der Waals surface area contributed by atoms with Crippen LogP contribution in [0.2, 0.25) is 19.6 Å². The van der Waals surface area contributed by atoms with Crippen LogP contribution >= 0.6 is 0 Å². The molecule has 0 aliphatic rings. The van der Waals surface area contributed by atoms with Crippen molar-refractivity contribution in [3.05, 3.63) is 162 Å². The molecule has 0 saturated carbocycles. The van der Waals surface area contributed by atoms with Gasteiger partial charge in [0.1, 0.15) is 5.58 Å². The fraction of sp³-hybridized carbons (Fsp3) is 0.268. The largest absolute Gasteiger partial charge is 0.501 e. The zero-order valence-electron chi connectivity index (χ0n) is 42.8. The molecule has 0 bridgehead atoms. The van der Waals surface area contributed by atoms with E-state index in [1.54, 1.807) is 18.3 Å². The molecule has 323 valence electrons. The van der Waals surface area contributed by atoms with Crippen molar-refractivity contribution in [2.75, 3.05) is 0 Å². The van der Waals surface area contributed by atoms with Crippen LogP contribution in [0.15, 0.2) is 126 Å². The van der Waals surface area contributed by atoms with Crippen molar-refractivity contribution in [3.8, 4) is 39.5 Å². The second kappa shape index (κ2) is 18.7. The van der Waals surface area contributed by atoms with E-state index in [0.717, 1.165) is 55.2 Å². The summed E-state index contributed by atoms with van der Waals surface area (Å²) in [6, 6.07) is 42.7. The van der Waals surface area contributed by atoms with Gasteiger partial charge < -0.3 is 14.0 Å². The van der Waals surface area contributed by atoms with Crippen LogP contribution in [-0.2, 0) is 26.5 Å². The third-order valence-electron chi connectivity index (χ3n) is 11.3. The maximum atomic E-state index is 8.59. The average Bonchev–Trinajstić information content (AvgIpc) is 3.88. The number of aromatic nitrogens is 4. The first-order valence-corrected chi connectivity index (χ1v) is 25.1. The maximum Gasteiger partial charge on any atom is 0.120 e. The van der Waals surface area contributed by atoms with Gasteiger partial charge in [-0.05, 0) is 88.5 Å². The number of nitrogens with zero attached hydrogens (tertiary/aromatic N) is 4. The second-order valence-corrected chi connectivity index (χ2v) is 23.1. The van der Waals surface area contributed by atoms with Crippen molar-refractivity contribution in [1.29, 1.82) is 0 Å². The van der Waals surface area contributed by atoms with Crippen LogP contribution < -0.4 is 5.19 Å². The average molecular weight is 1030 g/mol. The van der Waals surface area contributed by atoms with Gasteiger partial charge in [-0.3, -0.25) is 9.97 Å². The number of fused-ring (bicyclic) bond motifs is 4. The Morgan fingerprint density at radius 1 is 0.794 bits per heavy atom. The molecule has 63 heavy (non-hydrogen) atoms. The third kappa shape index (κ3) is 9.29. The molecule has 5 nitrogen and oxygen atoms in total. The van der Waals surface area contributed by atoms with Gasteiger partial charge in [-0.2, -0.15) is 0 Å². The molecule has 0 spiro atoms. The summed E-state index contributed by atoms with van der Waals surface area (Å²) in [6.07, 6.45) is 2.17. The minimum atomic E-state index is -2.16. The number of furan rings is 1. The molecule has 0 unspecified atom stereocenters. The first kappa shape index (κ1) is 39.2. The minimum Gasteiger partial charge on any atom is -0.501 e. The number of hydrogen-bond acceptors (Lipinski definition) is 4. The minimum absolute atomic E-state index is 0.